The number of nitrogens with one attached hydrogen (secondary N) is 4. The van der Waals surface area contributed by atoms with Gasteiger partial charge in [0.1, 0.15) is 11.7 Å². The molecule has 0 fully saturated rings. The van der Waals surface area contributed by atoms with Gasteiger partial charge in [0, 0.05) is 35.3 Å². The van der Waals surface area contributed by atoms with Crippen LogP contribution in [0.3, 0.4) is 0 Å². The minimum absolute atomic E-state index is 0.0342. The molecule has 4 aromatic carbocycles. The largest absolute Gasteiger partial charge is 0.384 e. The molecule has 0 atom stereocenters. The lowest BCUT2D eigenvalue weighted by Crippen LogP contribution is -2.23. The van der Waals surface area contributed by atoms with Crippen molar-refractivity contribution in [3.05, 3.63) is 142 Å². The summed E-state index contributed by atoms with van der Waals surface area (Å²) in [7, 11) is 0. The molecule has 9 nitrogen and oxygen atoms in total. The molecular weight excluding hydrogens is 516 g/mol. The molecule has 0 radical (unpaired) electrons. The fourth-order valence-electron chi connectivity index (χ4n) is 3.96. The summed E-state index contributed by atoms with van der Waals surface area (Å²) < 4.78 is 5.86. The quantitative estimate of drug-likeness (QED) is 0.117. The topological polar surface area (TPSA) is 167 Å². The molecule has 4 rings (SSSR count). The van der Waals surface area contributed by atoms with Crippen LogP contribution in [0.5, 0.6) is 0 Å². The molecule has 0 spiro atoms. The van der Waals surface area contributed by atoms with Gasteiger partial charge in [-0.2, -0.15) is 0 Å². The van der Waals surface area contributed by atoms with Crippen LogP contribution in [0.1, 0.15) is 54.1 Å². The second-order valence-electron chi connectivity index (χ2n) is 9.47. The third kappa shape index (κ3) is 8.35. The molecule has 9 heteroatoms. The Bertz CT molecular complexity index is 1400. The molecule has 0 aliphatic carbocycles. The van der Waals surface area contributed by atoms with Crippen molar-refractivity contribution in [2.45, 2.75) is 26.3 Å². The number of nitrogens with two attached hydrogens (primary N) is 2. The molecule has 41 heavy (non-hydrogen) atoms. The summed E-state index contributed by atoms with van der Waals surface area (Å²) in [6.45, 7) is 1.70. The highest BCUT2D eigenvalue weighted by Crippen LogP contribution is 2.11. The second-order valence-corrected chi connectivity index (χ2v) is 9.47. The summed E-state index contributed by atoms with van der Waals surface area (Å²) in [5.74, 6) is -0.455. The van der Waals surface area contributed by atoms with Crippen molar-refractivity contribution < 1.29 is 14.3 Å². The van der Waals surface area contributed by atoms with Gasteiger partial charge in [0.05, 0.1) is 13.2 Å². The number of carbonyl (C=O) groups excluding carboxylic acids is 2. The number of amidine groups is 2. The van der Waals surface area contributed by atoms with Crippen molar-refractivity contribution in [2.24, 2.45) is 11.5 Å². The fraction of sp³-hybridized carbons (Fsp3) is 0.125. The average molecular weight is 549 g/mol. The van der Waals surface area contributed by atoms with E-state index in [1.807, 2.05) is 48.5 Å². The van der Waals surface area contributed by atoms with E-state index in [4.69, 9.17) is 27.0 Å². The summed E-state index contributed by atoms with van der Waals surface area (Å²) in [6.07, 6.45) is 0. The Labute approximate surface area is 238 Å². The van der Waals surface area contributed by atoms with Gasteiger partial charge in [0.15, 0.2) is 0 Å². The fourth-order valence-corrected chi connectivity index (χ4v) is 3.96. The highest BCUT2D eigenvalue weighted by atomic mass is 16.5. The van der Waals surface area contributed by atoms with Crippen molar-refractivity contribution in [2.75, 3.05) is 0 Å². The van der Waals surface area contributed by atoms with Crippen molar-refractivity contribution >= 4 is 23.5 Å². The predicted molar refractivity (Wildman–Crippen MR) is 159 cm³/mol. The highest BCUT2D eigenvalue weighted by molar-refractivity contribution is 5.99. The Hall–Kier alpha value is -5.28. The molecule has 0 aromatic heterocycles. The van der Waals surface area contributed by atoms with Gasteiger partial charge in [-0.1, -0.05) is 72.8 Å². The van der Waals surface area contributed by atoms with Crippen molar-refractivity contribution in [3.63, 3.8) is 0 Å². The van der Waals surface area contributed by atoms with Crippen LogP contribution < -0.4 is 22.1 Å². The van der Waals surface area contributed by atoms with Crippen molar-refractivity contribution in [1.29, 1.82) is 10.8 Å². The smallest absolute Gasteiger partial charge is 0.251 e. The van der Waals surface area contributed by atoms with Gasteiger partial charge in [-0.05, 0) is 46.5 Å². The lowest BCUT2D eigenvalue weighted by molar-refractivity contribution is 0.0943. The van der Waals surface area contributed by atoms with E-state index < -0.39 is 0 Å². The Morgan fingerprint density at radius 1 is 0.512 bits per heavy atom. The molecule has 0 saturated heterocycles. The number of hydrogen-bond donors (Lipinski definition) is 6. The van der Waals surface area contributed by atoms with Crippen LogP contribution in [-0.4, -0.2) is 23.5 Å². The van der Waals surface area contributed by atoms with Gasteiger partial charge >= 0.3 is 0 Å². The lowest BCUT2D eigenvalue weighted by atomic mass is 10.1. The summed E-state index contributed by atoms with van der Waals surface area (Å²) >= 11 is 0. The van der Waals surface area contributed by atoms with E-state index in [2.05, 4.69) is 10.6 Å². The van der Waals surface area contributed by atoms with E-state index in [1.54, 1.807) is 48.5 Å². The molecule has 8 N–H and O–H groups in total. The lowest BCUT2D eigenvalue weighted by Gasteiger charge is -2.09. The van der Waals surface area contributed by atoms with Crippen LogP contribution in [0.25, 0.3) is 0 Å². The molecule has 2 amide bonds. The first-order valence-corrected chi connectivity index (χ1v) is 13.0. The molecule has 0 saturated carbocycles. The summed E-state index contributed by atoms with van der Waals surface area (Å²) in [4.78, 5) is 24.7. The van der Waals surface area contributed by atoms with Gasteiger partial charge in [0.25, 0.3) is 11.8 Å². The molecular formula is C32H32N6O3. The summed E-state index contributed by atoms with van der Waals surface area (Å²) in [6, 6.07) is 28.9. The Kier molecular flexibility index (Phi) is 9.58. The number of rotatable bonds is 12. The van der Waals surface area contributed by atoms with Crippen LogP contribution >= 0.6 is 0 Å². The Morgan fingerprint density at radius 3 is 1.12 bits per heavy atom. The number of hydrogen-bond acceptors (Lipinski definition) is 5. The number of ether oxygens (including phenoxy) is 1. The zero-order valence-corrected chi connectivity index (χ0v) is 22.4. The Balaban J connectivity index is 1.17. The minimum atomic E-state index is -0.193. The summed E-state index contributed by atoms with van der Waals surface area (Å²) in [5.41, 5.74) is 17.1. The molecule has 208 valence electrons. The number of amides is 2. The SMILES string of the molecule is N=C(N)c1ccc(C(=O)NCc2ccc(COCc3ccc(CNC(=O)c4ccc(C(=N)N)cc4)cc3)cc2)cc1. The zero-order valence-electron chi connectivity index (χ0n) is 22.4. The summed E-state index contributed by atoms with van der Waals surface area (Å²) in [5, 5.41) is 20.6. The normalized spacial score (nSPS) is 10.5. The zero-order chi connectivity index (χ0) is 29.2. The van der Waals surface area contributed by atoms with Crippen molar-refractivity contribution in [1.82, 2.24) is 10.6 Å². The first-order chi connectivity index (χ1) is 19.8. The number of nitrogen functional groups attached to an aromatic ring is 2. The van der Waals surface area contributed by atoms with E-state index in [1.165, 1.54) is 0 Å². The van der Waals surface area contributed by atoms with Crippen LogP contribution in [0.2, 0.25) is 0 Å². The van der Waals surface area contributed by atoms with Crippen LogP contribution in [0.4, 0.5) is 0 Å². The minimum Gasteiger partial charge on any atom is -0.384 e. The molecule has 0 aliphatic rings. The highest BCUT2D eigenvalue weighted by Gasteiger charge is 2.08. The van der Waals surface area contributed by atoms with E-state index in [9.17, 15) is 9.59 Å². The standard InChI is InChI=1S/C32H32N6O3/c33-29(34)25-9-13-27(14-10-25)31(39)37-17-21-1-5-23(6-2-21)19-41-20-24-7-3-22(4-8-24)18-38-32(40)28-15-11-26(12-16-28)30(35)36/h1-16H,17-20H2,(H3,33,34)(H3,35,36)(H,37,39)(H,38,40). The number of benzene rings is 4. The van der Waals surface area contributed by atoms with Gasteiger partial charge in [0.2, 0.25) is 0 Å². The average Bonchev–Trinajstić information content (AvgIpc) is 3.00. The monoisotopic (exact) mass is 548 g/mol. The Morgan fingerprint density at radius 2 is 0.805 bits per heavy atom. The maximum absolute atomic E-state index is 12.4. The third-order valence-corrected chi connectivity index (χ3v) is 6.41. The van der Waals surface area contributed by atoms with Crippen molar-refractivity contribution in [3.8, 4) is 0 Å². The van der Waals surface area contributed by atoms with Gasteiger partial charge in [-0.3, -0.25) is 20.4 Å². The first-order valence-electron chi connectivity index (χ1n) is 13.0. The maximum Gasteiger partial charge on any atom is 0.251 e. The molecule has 0 heterocycles. The van der Waals surface area contributed by atoms with E-state index >= 15 is 0 Å². The maximum atomic E-state index is 12.4. The van der Waals surface area contributed by atoms with Crippen LogP contribution in [-0.2, 0) is 31.0 Å². The van der Waals surface area contributed by atoms with Crippen LogP contribution in [0, 0.1) is 10.8 Å². The van der Waals surface area contributed by atoms with E-state index in [0.29, 0.717) is 48.6 Å². The molecule has 0 aliphatic heterocycles. The van der Waals surface area contributed by atoms with E-state index in [0.717, 1.165) is 22.3 Å². The molecule has 0 bridgehead atoms. The van der Waals surface area contributed by atoms with E-state index in [-0.39, 0.29) is 23.5 Å². The van der Waals surface area contributed by atoms with Gasteiger partial charge in [-0.15, -0.1) is 0 Å². The van der Waals surface area contributed by atoms with Crippen LogP contribution in [0.15, 0.2) is 97.1 Å². The first kappa shape index (κ1) is 28.7. The molecule has 4 aromatic rings. The molecule has 0 unspecified atom stereocenters. The second kappa shape index (κ2) is 13.7. The van der Waals surface area contributed by atoms with Gasteiger partial charge in [-0.25, -0.2) is 0 Å². The third-order valence-electron chi connectivity index (χ3n) is 6.41. The predicted octanol–water partition coefficient (Wildman–Crippen LogP) is 3.83. The number of carbonyl (C=O) groups is 2. The van der Waals surface area contributed by atoms with Gasteiger partial charge < -0.3 is 26.8 Å².